The average Bonchev–Trinajstić information content (AvgIpc) is 2.79. The van der Waals surface area contributed by atoms with Gasteiger partial charge in [0.1, 0.15) is 12.4 Å². The van der Waals surface area contributed by atoms with Crippen LogP contribution >= 0.6 is 0 Å². The summed E-state index contributed by atoms with van der Waals surface area (Å²) in [5.41, 5.74) is 3.79. The third-order valence-corrected chi connectivity index (χ3v) is 4.94. The van der Waals surface area contributed by atoms with Gasteiger partial charge in [0.2, 0.25) is 0 Å². The molecular weight excluding hydrogens is 430 g/mol. The largest absolute Gasteiger partial charge is 0.480 e. The second kappa shape index (κ2) is 13.5. The monoisotopic (exact) mass is 459 g/mol. The van der Waals surface area contributed by atoms with E-state index >= 15 is 0 Å². The Morgan fingerprint density at radius 2 is 1.56 bits per heavy atom. The van der Waals surface area contributed by atoms with Gasteiger partial charge in [-0.25, -0.2) is 9.78 Å². The number of nitrogens with zero attached hydrogens (tertiary/aromatic N) is 3. The molecule has 0 atom stereocenters. The molecular formula is C25H29CaN3O3. The minimum Gasteiger partial charge on any atom is -0.480 e. The van der Waals surface area contributed by atoms with E-state index in [1.54, 1.807) is 0 Å². The van der Waals surface area contributed by atoms with Crippen molar-refractivity contribution in [3.05, 3.63) is 66.9 Å². The Hall–Kier alpha value is -1.99. The van der Waals surface area contributed by atoms with Crippen molar-refractivity contribution in [2.24, 2.45) is 0 Å². The van der Waals surface area contributed by atoms with Crippen molar-refractivity contribution in [1.82, 2.24) is 9.97 Å². The maximum absolute atomic E-state index is 10.5. The molecule has 0 spiro atoms. The smallest absolute Gasteiger partial charge is 0.329 e. The molecule has 164 valence electrons. The Morgan fingerprint density at radius 3 is 2.12 bits per heavy atom. The summed E-state index contributed by atoms with van der Waals surface area (Å²) in [5.74, 6) is -0.106. The Balaban J connectivity index is 0.00000363. The Bertz CT molecular complexity index is 969. The first-order valence-electron chi connectivity index (χ1n) is 10.6. The molecule has 2 radical (unpaired) electrons. The van der Waals surface area contributed by atoms with E-state index in [4.69, 9.17) is 19.8 Å². The summed E-state index contributed by atoms with van der Waals surface area (Å²) >= 11 is 0. The number of carbonyl (C=O) groups is 1. The topological polar surface area (TPSA) is 75.5 Å². The van der Waals surface area contributed by atoms with Crippen molar-refractivity contribution in [2.45, 2.75) is 32.7 Å². The number of benzene rings is 2. The number of unbranched alkanes of at least 4 members (excludes halogenated alkanes) is 1. The minimum atomic E-state index is -0.939. The van der Waals surface area contributed by atoms with Crippen molar-refractivity contribution < 1.29 is 14.6 Å². The van der Waals surface area contributed by atoms with Crippen LogP contribution in [0.3, 0.4) is 0 Å². The van der Waals surface area contributed by atoms with Gasteiger partial charge in [0.05, 0.1) is 17.6 Å². The number of hydrogen-bond acceptors (Lipinski definition) is 5. The molecule has 0 saturated heterocycles. The summed E-state index contributed by atoms with van der Waals surface area (Å²) in [4.78, 5) is 22.6. The molecule has 0 amide bonds. The van der Waals surface area contributed by atoms with Gasteiger partial charge in [-0.3, -0.25) is 4.98 Å². The van der Waals surface area contributed by atoms with E-state index in [0.29, 0.717) is 6.61 Å². The van der Waals surface area contributed by atoms with Crippen LogP contribution in [0.5, 0.6) is 0 Å². The Labute approximate surface area is 219 Å². The molecule has 0 aliphatic heterocycles. The van der Waals surface area contributed by atoms with Gasteiger partial charge in [-0.1, -0.05) is 60.7 Å². The van der Waals surface area contributed by atoms with Crippen LogP contribution in [-0.2, 0) is 9.53 Å². The van der Waals surface area contributed by atoms with Crippen LogP contribution < -0.4 is 4.90 Å². The quantitative estimate of drug-likeness (QED) is 0.336. The third-order valence-electron chi connectivity index (χ3n) is 4.94. The summed E-state index contributed by atoms with van der Waals surface area (Å²) < 4.78 is 5.14. The maximum Gasteiger partial charge on any atom is 0.329 e. The van der Waals surface area contributed by atoms with E-state index in [0.717, 1.165) is 47.7 Å². The van der Waals surface area contributed by atoms with E-state index in [-0.39, 0.29) is 50.4 Å². The summed E-state index contributed by atoms with van der Waals surface area (Å²) in [7, 11) is 0. The molecule has 0 unspecified atom stereocenters. The van der Waals surface area contributed by atoms with Gasteiger partial charge in [0.25, 0.3) is 0 Å². The zero-order chi connectivity index (χ0) is 22.1. The summed E-state index contributed by atoms with van der Waals surface area (Å²) in [6.07, 6.45) is 3.51. The number of ether oxygens (including phenoxy) is 1. The van der Waals surface area contributed by atoms with Gasteiger partial charge in [-0.15, -0.1) is 0 Å². The van der Waals surface area contributed by atoms with Crippen LogP contribution in [0.2, 0.25) is 0 Å². The van der Waals surface area contributed by atoms with Crippen LogP contribution in [0.25, 0.3) is 22.5 Å². The molecule has 7 heteroatoms. The number of carboxylic acids is 1. The normalized spacial score (nSPS) is 10.6. The molecule has 1 aromatic heterocycles. The van der Waals surface area contributed by atoms with Gasteiger partial charge in [0.15, 0.2) is 0 Å². The molecule has 0 fully saturated rings. The van der Waals surface area contributed by atoms with Gasteiger partial charge in [-0.2, -0.15) is 0 Å². The van der Waals surface area contributed by atoms with Gasteiger partial charge in [0, 0.05) is 68.1 Å². The van der Waals surface area contributed by atoms with Crippen molar-refractivity contribution >= 4 is 49.5 Å². The summed E-state index contributed by atoms with van der Waals surface area (Å²) in [6, 6.07) is 20.5. The van der Waals surface area contributed by atoms with E-state index in [1.165, 1.54) is 0 Å². The van der Waals surface area contributed by atoms with Crippen molar-refractivity contribution in [3.63, 3.8) is 0 Å². The maximum atomic E-state index is 10.5. The van der Waals surface area contributed by atoms with Crippen LogP contribution in [0, 0.1) is 0 Å². The van der Waals surface area contributed by atoms with Gasteiger partial charge < -0.3 is 14.7 Å². The van der Waals surface area contributed by atoms with Crippen molar-refractivity contribution in [1.29, 1.82) is 0 Å². The number of aliphatic carboxylic acids is 1. The van der Waals surface area contributed by atoms with Crippen molar-refractivity contribution in [2.75, 3.05) is 24.7 Å². The van der Waals surface area contributed by atoms with Crippen LogP contribution in [0.4, 0.5) is 5.82 Å². The zero-order valence-corrected chi connectivity index (χ0v) is 21.0. The molecule has 0 bridgehead atoms. The number of hydrogen-bond donors (Lipinski definition) is 1. The molecule has 0 saturated carbocycles. The molecule has 1 heterocycles. The van der Waals surface area contributed by atoms with Crippen LogP contribution in [0.1, 0.15) is 26.7 Å². The molecule has 3 aromatic rings. The fourth-order valence-corrected chi connectivity index (χ4v) is 3.41. The first-order valence-corrected chi connectivity index (χ1v) is 10.6. The molecule has 0 aliphatic rings. The molecule has 0 aliphatic carbocycles. The number of rotatable bonds is 11. The zero-order valence-electron chi connectivity index (χ0n) is 18.8. The Kier molecular flexibility index (Phi) is 11.1. The fraction of sp³-hybridized carbons (Fsp3) is 0.320. The second-order valence-corrected chi connectivity index (χ2v) is 7.60. The van der Waals surface area contributed by atoms with Gasteiger partial charge >= 0.3 is 5.97 Å². The van der Waals surface area contributed by atoms with E-state index < -0.39 is 5.97 Å². The minimum absolute atomic E-state index is 0. The first kappa shape index (κ1) is 26.3. The van der Waals surface area contributed by atoms with Gasteiger partial charge in [-0.05, 0) is 26.7 Å². The summed E-state index contributed by atoms with van der Waals surface area (Å²) in [5, 5.41) is 8.66. The van der Waals surface area contributed by atoms with Crippen molar-refractivity contribution in [3.8, 4) is 22.5 Å². The fourth-order valence-electron chi connectivity index (χ4n) is 3.41. The average molecular weight is 460 g/mol. The molecule has 32 heavy (non-hydrogen) atoms. The van der Waals surface area contributed by atoms with E-state index in [2.05, 4.69) is 30.9 Å². The SMILES string of the molecule is CC(C)N(CCCCOCC(=O)O)c1cnc(-c2ccccc2)c(-c2ccccc2)n1.[Ca]. The van der Waals surface area contributed by atoms with E-state index in [9.17, 15) is 4.79 Å². The second-order valence-electron chi connectivity index (χ2n) is 7.60. The Morgan fingerprint density at radius 1 is 0.969 bits per heavy atom. The standard InChI is InChI=1S/C25H29N3O3.Ca/c1-19(2)28(15-9-10-16-31-18-23(29)30)22-17-26-24(20-11-5-3-6-12-20)25(27-22)21-13-7-4-8-14-21;/h3-8,11-14,17,19H,9-10,15-16,18H2,1-2H3,(H,29,30);. The molecule has 2 aromatic carbocycles. The first-order chi connectivity index (χ1) is 15.1. The number of anilines is 1. The third kappa shape index (κ3) is 7.55. The van der Waals surface area contributed by atoms with Crippen LogP contribution in [0.15, 0.2) is 66.9 Å². The summed E-state index contributed by atoms with van der Waals surface area (Å²) in [6.45, 7) is 5.25. The van der Waals surface area contributed by atoms with Crippen LogP contribution in [-0.4, -0.2) is 84.6 Å². The number of carboxylic acid groups (broad SMARTS) is 1. The number of aromatic nitrogens is 2. The van der Waals surface area contributed by atoms with E-state index in [1.807, 2.05) is 54.7 Å². The predicted octanol–water partition coefficient (Wildman–Crippen LogP) is 4.53. The predicted molar refractivity (Wildman–Crippen MR) is 129 cm³/mol. The molecule has 3 rings (SSSR count). The molecule has 1 N–H and O–H groups in total. The molecule has 6 nitrogen and oxygen atoms in total.